The van der Waals surface area contributed by atoms with Gasteiger partial charge in [0.1, 0.15) is 5.75 Å². The van der Waals surface area contributed by atoms with Crippen LogP contribution in [0.15, 0.2) is 51.5 Å². The van der Waals surface area contributed by atoms with Crippen molar-refractivity contribution in [1.29, 1.82) is 0 Å². The van der Waals surface area contributed by atoms with E-state index in [2.05, 4.69) is 26.1 Å². The number of phenolic OH excluding ortho intramolecular Hbond substituents is 1. The van der Waals surface area contributed by atoms with Crippen LogP contribution in [0.25, 0.3) is 22.8 Å². The minimum Gasteiger partial charge on any atom is -0.508 e. The summed E-state index contributed by atoms with van der Waals surface area (Å²) in [5.74, 6) is 1.10. The zero-order valence-corrected chi connectivity index (χ0v) is 12.3. The molecule has 0 saturated carbocycles. The van der Waals surface area contributed by atoms with E-state index >= 15 is 0 Å². The molecule has 5 heteroatoms. The molecule has 3 aromatic rings. The van der Waals surface area contributed by atoms with Gasteiger partial charge in [-0.25, -0.2) is 0 Å². The Labute approximate surface area is 124 Å². The highest BCUT2D eigenvalue weighted by molar-refractivity contribution is 9.10. The first kappa shape index (κ1) is 12.9. The third-order valence-electron chi connectivity index (χ3n) is 3.00. The number of hydrogen-bond acceptors (Lipinski definition) is 4. The Morgan fingerprint density at radius 1 is 1.15 bits per heavy atom. The van der Waals surface area contributed by atoms with Crippen molar-refractivity contribution in [2.45, 2.75) is 6.92 Å². The van der Waals surface area contributed by atoms with Crippen molar-refractivity contribution < 1.29 is 9.63 Å². The van der Waals surface area contributed by atoms with Crippen molar-refractivity contribution in [2.24, 2.45) is 0 Å². The van der Waals surface area contributed by atoms with Gasteiger partial charge in [0.2, 0.25) is 5.82 Å². The highest BCUT2D eigenvalue weighted by atomic mass is 79.9. The third-order valence-corrected chi connectivity index (χ3v) is 3.69. The fraction of sp³-hybridized carbons (Fsp3) is 0.0667. The first-order valence-electron chi connectivity index (χ1n) is 6.04. The maximum absolute atomic E-state index is 9.73. The second kappa shape index (κ2) is 5.09. The Bertz CT molecular complexity index is 768. The summed E-state index contributed by atoms with van der Waals surface area (Å²) in [7, 11) is 0. The van der Waals surface area contributed by atoms with E-state index in [1.807, 2.05) is 43.3 Å². The maximum atomic E-state index is 9.73. The van der Waals surface area contributed by atoms with Gasteiger partial charge in [0.25, 0.3) is 5.89 Å². The molecular formula is C15H11BrN2O2. The van der Waals surface area contributed by atoms with Crippen LogP contribution in [0.5, 0.6) is 5.75 Å². The summed E-state index contributed by atoms with van der Waals surface area (Å²) in [5.41, 5.74) is 2.36. The lowest BCUT2D eigenvalue weighted by molar-refractivity contribution is 0.431. The number of hydrogen-bond donors (Lipinski definition) is 1. The van der Waals surface area contributed by atoms with Gasteiger partial charge >= 0.3 is 0 Å². The number of phenols is 1. The van der Waals surface area contributed by atoms with Crippen molar-refractivity contribution >= 4 is 15.9 Å². The molecule has 1 aromatic heterocycles. The molecule has 0 spiro atoms. The van der Waals surface area contributed by atoms with Crippen molar-refractivity contribution in [2.75, 3.05) is 0 Å². The van der Waals surface area contributed by atoms with Crippen LogP contribution in [0.1, 0.15) is 5.56 Å². The van der Waals surface area contributed by atoms with Crippen molar-refractivity contribution in [3.63, 3.8) is 0 Å². The Morgan fingerprint density at radius 3 is 2.70 bits per heavy atom. The number of nitrogens with zero attached hydrogens (tertiary/aromatic N) is 2. The van der Waals surface area contributed by atoms with Crippen LogP contribution in [-0.4, -0.2) is 15.2 Å². The van der Waals surface area contributed by atoms with Gasteiger partial charge in [0.05, 0.1) is 0 Å². The zero-order chi connectivity index (χ0) is 14.1. The SMILES string of the molecule is Cc1ccc(-c2nc(-c3ccccc3Br)no2)cc1O. The van der Waals surface area contributed by atoms with Crippen LogP contribution in [0.2, 0.25) is 0 Å². The zero-order valence-electron chi connectivity index (χ0n) is 10.7. The van der Waals surface area contributed by atoms with Crippen molar-refractivity contribution in [3.8, 4) is 28.6 Å². The maximum Gasteiger partial charge on any atom is 0.258 e. The Hall–Kier alpha value is -2.14. The second-order valence-corrected chi connectivity index (χ2v) is 5.26. The van der Waals surface area contributed by atoms with Gasteiger partial charge in [-0.1, -0.05) is 39.3 Å². The molecule has 0 fully saturated rings. The minimum atomic E-state index is 0.211. The average Bonchev–Trinajstić information content (AvgIpc) is 2.92. The molecular weight excluding hydrogens is 320 g/mol. The number of aromatic nitrogens is 2. The average molecular weight is 331 g/mol. The number of halogens is 1. The summed E-state index contributed by atoms with van der Waals surface area (Å²) in [4.78, 5) is 4.36. The van der Waals surface area contributed by atoms with Crippen molar-refractivity contribution in [1.82, 2.24) is 10.1 Å². The summed E-state index contributed by atoms with van der Waals surface area (Å²) < 4.78 is 6.16. The summed E-state index contributed by atoms with van der Waals surface area (Å²) >= 11 is 3.46. The summed E-state index contributed by atoms with van der Waals surface area (Å²) in [6.45, 7) is 1.83. The number of benzene rings is 2. The van der Waals surface area contributed by atoms with E-state index in [0.29, 0.717) is 17.3 Å². The first-order valence-corrected chi connectivity index (χ1v) is 6.83. The largest absolute Gasteiger partial charge is 0.508 e. The van der Waals surface area contributed by atoms with Gasteiger partial charge in [-0.15, -0.1) is 0 Å². The van der Waals surface area contributed by atoms with E-state index in [-0.39, 0.29) is 5.75 Å². The smallest absolute Gasteiger partial charge is 0.258 e. The molecule has 2 aromatic carbocycles. The molecule has 100 valence electrons. The van der Waals surface area contributed by atoms with E-state index in [9.17, 15) is 5.11 Å². The molecule has 4 nitrogen and oxygen atoms in total. The molecule has 1 N–H and O–H groups in total. The van der Waals surface area contributed by atoms with E-state index < -0.39 is 0 Å². The van der Waals surface area contributed by atoms with Crippen molar-refractivity contribution in [3.05, 3.63) is 52.5 Å². The molecule has 0 aliphatic heterocycles. The summed E-state index contributed by atoms with van der Waals surface area (Å²) in [6.07, 6.45) is 0. The topological polar surface area (TPSA) is 59.2 Å². The third kappa shape index (κ3) is 2.32. The van der Waals surface area contributed by atoms with Crippen LogP contribution in [-0.2, 0) is 0 Å². The Balaban J connectivity index is 2.02. The molecule has 20 heavy (non-hydrogen) atoms. The molecule has 0 radical (unpaired) electrons. The second-order valence-electron chi connectivity index (χ2n) is 4.40. The quantitative estimate of drug-likeness (QED) is 0.765. The molecule has 0 aliphatic rings. The molecule has 0 amide bonds. The van der Waals surface area contributed by atoms with Crippen LogP contribution in [0, 0.1) is 6.92 Å². The molecule has 1 heterocycles. The fourth-order valence-electron chi connectivity index (χ4n) is 1.84. The van der Waals surface area contributed by atoms with E-state index in [4.69, 9.17) is 4.52 Å². The minimum absolute atomic E-state index is 0.211. The fourth-order valence-corrected chi connectivity index (χ4v) is 2.30. The summed E-state index contributed by atoms with van der Waals surface area (Å²) in [5, 5.41) is 13.7. The van der Waals surface area contributed by atoms with Gasteiger partial charge < -0.3 is 9.63 Å². The molecule has 0 atom stereocenters. The lowest BCUT2D eigenvalue weighted by Gasteiger charge is -1.99. The van der Waals surface area contributed by atoms with Crippen LogP contribution in [0.4, 0.5) is 0 Å². The molecule has 0 bridgehead atoms. The lowest BCUT2D eigenvalue weighted by atomic mass is 10.1. The molecule has 0 saturated heterocycles. The molecule has 3 rings (SSSR count). The number of rotatable bonds is 2. The van der Waals surface area contributed by atoms with Gasteiger partial charge in [0, 0.05) is 15.6 Å². The van der Waals surface area contributed by atoms with E-state index in [1.165, 1.54) is 0 Å². The predicted octanol–water partition coefficient (Wildman–Crippen LogP) is 4.18. The van der Waals surface area contributed by atoms with E-state index in [1.54, 1.807) is 6.07 Å². The Morgan fingerprint density at radius 2 is 1.95 bits per heavy atom. The van der Waals surface area contributed by atoms with Crippen LogP contribution < -0.4 is 0 Å². The van der Waals surface area contributed by atoms with Gasteiger partial charge in [0.15, 0.2) is 0 Å². The monoisotopic (exact) mass is 330 g/mol. The molecule has 0 aliphatic carbocycles. The van der Waals surface area contributed by atoms with Gasteiger partial charge in [-0.2, -0.15) is 4.98 Å². The number of aromatic hydroxyl groups is 1. The van der Waals surface area contributed by atoms with Crippen LogP contribution in [0.3, 0.4) is 0 Å². The predicted molar refractivity (Wildman–Crippen MR) is 79.3 cm³/mol. The standard InChI is InChI=1S/C15H11BrN2O2/c1-9-6-7-10(8-13(9)19)15-17-14(18-20-15)11-4-2-3-5-12(11)16/h2-8,19H,1H3. The van der Waals surface area contributed by atoms with E-state index in [0.717, 1.165) is 15.6 Å². The normalized spacial score (nSPS) is 10.7. The highest BCUT2D eigenvalue weighted by Gasteiger charge is 2.13. The highest BCUT2D eigenvalue weighted by Crippen LogP contribution is 2.29. The first-order chi connectivity index (χ1) is 9.65. The van der Waals surface area contributed by atoms with Gasteiger partial charge in [-0.3, -0.25) is 0 Å². The van der Waals surface area contributed by atoms with Crippen LogP contribution >= 0.6 is 15.9 Å². The lowest BCUT2D eigenvalue weighted by Crippen LogP contribution is -1.83. The summed E-state index contributed by atoms with van der Waals surface area (Å²) in [6, 6.07) is 12.9. The van der Waals surface area contributed by atoms with Gasteiger partial charge in [-0.05, 0) is 36.8 Å². The Kier molecular flexibility index (Phi) is 3.28. The molecule has 0 unspecified atom stereocenters. The number of aryl methyl sites for hydroxylation is 1.